The Balaban J connectivity index is 0.000000248. The molecular formula is C55H62Cl20O20. The number of alkyl halides is 8. The van der Waals surface area contributed by atoms with Crippen LogP contribution in [0.15, 0.2) is 72.5 Å². The minimum absolute atomic E-state index is 0.0416. The number of rotatable bonds is 16. The zero-order chi connectivity index (χ0) is 74.3. The zero-order valence-corrected chi connectivity index (χ0v) is 67.0. The van der Waals surface area contributed by atoms with Crippen LogP contribution in [0.1, 0.15) is 34.6 Å². The lowest BCUT2D eigenvalue weighted by Crippen LogP contribution is -2.58. The topological polar surface area (TPSA) is 271 Å². The molecule has 5 N–H and O–H groups in total. The number of allylic oxidation sites excluding steroid dienone is 3. The van der Waals surface area contributed by atoms with Gasteiger partial charge in [-0.25, -0.2) is 4.79 Å². The van der Waals surface area contributed by atoms with Crippen molar-refractivity contribution >= 4 is 256 Å². The molecule has 0 heterocycles. The Labute approximate surface area is 647 Å². The van der Waals surface area contributed by atoms with Crippen molar-refractivity contribution in [3.8, 4) is 0 Å². The summed E-state index contributed by atoms with van der Waals surface area (Å²) in [4.78, 5) is 32.1. The van der Waals surface area contributed by atoms with E-state index in [-0.39, 0.29) is 66.3 Å². The van der Waals surface area contributed by atoms with Crippen molar-refractivity contribution < 1.29 is 96.8 Å². The largest absolute Gasteiger partial charge is 0.481 e. The maximum Gasteiger partial charge on any atom is 0.327 e. The van der Waals surface area contributed by atoms with Gasteiger partial charge in [0.05, 0.1) is 74.2 Å². The third-order valence-electron chi connectivity index (χ3n) is 18.7. The Hall–Kier alpha value is 1.38. The number of ether oxygens (including phenoxy) is 11. The molecule has 9 rings (SSSR count). The molecule has 9 aliphatic rings. The molecule has 0 aliphatic heterocycles. The van der Waals surface area contributed by atoms with Crippen LogP contribution in [0.4, 0.5) is 0 Å². The molecule has 95 heavy (non-hydrogen) atoms. The third kappa shape index (κ3) is 11.1. The molecular weight excluding hydrogens is 1690 g/mol. The fourth-order valence-electron chi connectivity index (χ4n) is 14.5. The number of hydrogen-bond acceptors (Lipinski definition) is 16. The summed E-state index contributed by atoms with van der Waals surface area (Å²) in [6.07, 6.45) is 1.86. The van der Waals surface area contributed by atoms with Crippen LogP contribution in [0.2, 0.25) is 0 Å². The average Bonchev–Trinajstić information content (AvgIpc) is 1.52. The van der Waals surface area contributed by atoms with Crippen molar-refractivity contribution in [2.24, 2.45) is 41.4 Å². The highest BCUT2D eigenvalue weighted by molar-refractivity contribution is 6.56. The second-order valence-corrected chi connectivity index (χ2v) is 31.0. The number of aliphatic carboxylic acids is 4. The molecule has 4 saturated carbocycles. The lowest BCUT2D eigenvalue weighted by atomic mass is 9.83. The molecule has 0 aromatic rings. The standard InChI is InChI=1S/C11H14Cl4O4.3C11H12Cl4O4.C7H6Cl4O2.C4H6O2/c1-5-8(19-4-16)10(15)7(13)6(12)9(5,14)11(10,17-2)18-3;3*1-4-5(8(16)17)10(15)7(13)6(12)9(4,14)11(10,18-2)19-3;1-12-7(13-2)5(10)3(8)4(9)6(7)11;1-2-3-4(5)6/h5,8,16H,4H2,1-3H3;3*4-5H,1-3H3,(H,16,17);1-2H3;2-3H,1H3,(H,5,6)/b;;;;;3-2+/t5-,8-,9?,10?;2*4-,5+,9?,10?;4-,5-,9?,10?;;/m1001../s1. The molecule has 8 bridgehead atoms. The van der Waals surface area contributed by atoms with Gasteiger partial charge in [-0.1, -0.05) is 173 Å². The van der Waals surface area contributed by atoms with Crippen molar-refractivity contribution in [3.63, 3.8) is 0 Å². The minimum Gasteiger partial charge on any atom is -0.481 e. The highest BCUT2D eigenvalue weighted by Crippen LogP contribution is 2.77. The lowest BCUT2D eigenvalue weighted by molar-refractivity contribution is -0.224. The number of carboxylic acid groups (broad SMARTS) is 4. The van der Waals surface area contributed by atoms with Gasteiger partial charge in [-0.3, -0.25) is 14.4 Å². The monoisotopic (exact) mass is 1740 g/mol. The lowest BCUT2D eigenvalue weighted by Gasteiger charge is -2.41. The molecule has 4 fully saturated rings. The maximum absolute atomic E-state index is 11.5. The molecule has 40 heteroatoms. The van der Waals surface area contributed by atoms with Crippen molar-refractivity contribution in [1.82, 2.24) is 0 Å². The Morgan fingerprint density at radius 2 is 0.568 bits per heavy atom. The van der Waals surface area contributed by atoms with Crippen LogP contribution >= 0.6 is 232 Å². The van der Waals surface area contributed by atoms with Gasteiger partial charge in [0.1, 0.15) is 36.4 Å². The molecule has 0 amide bonds. The molecule has 8 unspecified atom stereocenters. The highest BCUT2D eigenvalue weighted by atomic mass is 35.5. The summed E-state index contributed by atoms with van der Waals surface area (Å²) >= 11 is 125. The van der Waals surface area contributed by atoms with Crippen LogP contribution < -0.4 is 0 Å². The van der Waals surface area contributed by atoms with Crippen LogP contribution in [0.25, 0.3) is 0 Å². The third-order valence-corrected chi connectivity index (χ3v) is 31.5. The zero-order valence-electron chi connectivity index (χ0n) is 51.9. The number of carbonyl (C=O) groups is 4. The Kier molecular flexibility index (Phi) is 29.0. The average molecular weight is 1750 g/mol. The number of aliphatic hydroxyl groups is 1. The first-order valence-corrected chi connectivity index (χ1v) is 34.3. The van der Waals surface area contributed by atoms with E-state index in [1.807, 2.05) is 0 Å². The van der Waals surface area contributed by atoms with Gasteiger partial charge in [0.2, 0.25) is 28.9 Å². The van der Waals surface area contributed by atoms with Gasteiger partial charge >= 0.3 is 23.9 Å². The molecule has 9 aliphatic carbocycles. The SMILES string of the molecule is C/C=C/C(=O)O.COC1(OC)C(Cl)=C(Cl)C(Cl)=C1Cl.COC1(OC)C2(Cl)C(Cl)=C(Cl)C1(Cl)[C@@H](C(=O)O)[C@@H]2C.COC1(OC)C2(Cl)C(Cl)=C(Cl)C1(Cl)[C@@H](C(=O)O)[C@@H]2C.COC1(OC)C2(Cl)C(Cl)=C(Cl)C1(Cl)[C@@H](C(=O)O)[C@H]2C.COC1(OC)C2(Cl)C(Cl)=C(Cl)C1(Cl)[C@H](OCO)[C@H]2C. The predicted molar refractivity (Wildman–Crippen MR) is 369 cm³/mol. The van der Waals surface area contributed by atoms with E-state index in [1.165, 1.54) is 77.2 Å². The number of fused-ring (bicyclic) bond motifs is 8. The number of carboxylic acids is 4. The molecule has 0 radical (unpaired) electrons. The molecule has 0 aromatic carbocycles. The highest BCUT2D eigenvalue weighted by Gasteiger charge is 2.89. The van der Waals surface area contributed by atoms with E-state index in [9.17, 15) is 34.5 Å². The van der Waals surface area contributed by atoms with Crippen LogP contribution in [0.5, 0.6) is 0 Å². The van der Waals surface area contributed by atoms with Gasteiger partial charge in [0.15, 0.2) is 19.5 Å². The second kappa shape index (κ2) is 31.1. The van der Waals surface area contributed by atoms with E-state index in [1.54, 1.807) is 34.6 Å². The minimum atomic E-state index is -1.66. The Bertz CT molecular complexity index is 3030. The Morgan fingerprint density at radius 3 is 0.716 bits per heavy atom. The first-order chi connectivity index (χ1) is 43.6. The summed E-state index contributed by atoms with van der Waals surface area (Å²) < 4.78 is 58.6. The van der Waals surface area contributed by atoms with Gasteiger partial charge in [0.25, 0.3) is 0 Å². The molecule has 0 saturated heterocycles. The fourth-order valence-corrected chi connectivity index (χ4v) is 24.4. The number of hydrogen-bond donors (Lipinski definition) is 5. The number of methoxy groups -OCH3 is 10. The van der Waals surface area contributed by atoms with Crippen LogP contribution in [0.3, 0.4) is 0 Å². The van der Waals surface area contributed by atoms with Gasteiger partial charge < -0.3 is 77.6 Å². The van der Waals surface area contributed by atoms with Crippen LogP contribution in [-0.4, -0.2) is 201 Å². The van der Waals surface area contributed by atoms with Crippen molar-refractivity contribution in [3.05, 3.63) is 72.5 Å². The van der Waals surface area contributed by atoms with Gasteiger partial charge in [-0.15, -0.1) is 92.8 Å². The van der Waals surface area contributed by atoms with Gasteiger partial charge in [-0.2, -0.15) is 0 Å². The Morgan fingerprint density at radius 1 is 0.358 bits per heavy atom. The quantitative estimate of drug-likeness (QED) is 0.0546. The van der Waals surface area contributed by atoms with E-state index in [0.717, 1.165) is 6.08 Å². The molecule has 542 valence electrons. The molecule has 16 atom stereocenters. The smallest absolute Gasteiger partial charge is 0.327 e. The van der Waals surface area contributed by atoms with E-state index in [0.29, 0.717) is 0 Å². The summed E-state index contributed by atoms with van der Waals surface area (Å²) in [5.41, 5.74) is 0. The summed E-state index contributed by atoms with van der Waals surface area (Å²) in [5, 5.41) is 46.1. The van der Waals surface area contributed by atoms with E-state index in [4.69, 9.17) is 294 Å². The second-order valence-electron chi connectivity index (χ2n) is 21.7. The van der Waals surface area contributed by atoms with Crippen LogP contribution in [0, 0.1) is 41.4 Å². The van der Waals surface area contributed by atoms with Gasteiger partial charge in [-0.05, 0) is 6.92 Å². The summed E-state index contributed by atoms with van der Waals surface area (Å²) in [5.74, 6) is -17.5. The molecule has 20 nitrogen and oxygen atoms in total. The van der Waals surface area contributed by atoms with E-state index >= 15 is 0 Å². The number of aliphatic hydroxyl groups excluding tert-OH is 1. The predicted octanol–water partition coefficient (Wildman–Crippen LogP) is 15.6. The first kappa shape index (κ1) is 88.8. The maximum atomic E-state index is 11.5. The number of halogens is 20. The fraction of sp³-hybridized carbons (Fsp3) is 0.673. The summed E-state index contributed by atoms with van der Waals surface area (Å²) in [6, 6.07) is 0. The van der Waals surface area contributed by atoms with Gasteiger partial charge in [0, 0.05) is 101 Å². The van der Waals surface area contributed by atoms with Crippen LogP contribution in [-0.2, 0) is 71.3 Å². The van der Waals surface area contributed by atoms with E-state index < -0.39 is 140 Å². The van der Waals surface area contributed by atoms with Crippen molar-refractivity contribution in [2.45, 2.75) is 109 Å². The summed E-state index contributed by atoms with van der Waals surface area (Å²) in [7, 11) is 13.6. The summed E-state index contributed by atoms with van der Waals surface area (Å²) in [6.45, 7) is 7.82. The first-order valence-electron chi connectivity index (χ1n) is 26.7. The van der Waals surface area contributed by atoms with Crippen molar-refractivity contribution in [1.29, 1.82) is 0 Å². The van der Waals surface area contributed by atoms with E-state index in [2.05, 4.69) is 0 Å². The molecule has 0 aromatic heterocycles. The molecule has 0 spiro atoms. The normalized spacial score (nSPS) is 38.8. The van der Waals surface area contributed by atoms with Crippen molar-refractivity contribution in [2.75, 3.05) is 77.9 Å².